The third kappa shape index (κ3) is 4.30. The van der Waals surface area contributed by atoms with E-state index in [-0.39, 0.29) is 24.4 Å². The van der Waals surface area contributed by atoms with Crippen LogP contribution in [0.4, 0.5) is 0 Å². The number of carbonyl (C=O) groups excluding carboxylic acids is 1. The predicted octanol–water partition coefficient (Wildman–Crippen LogP) is 3.76. The van der Waals surface area contributed by atoms with Gasteiger partial charge in [0, 0.05) is 13.1 Å². The fourth-order valence-corrected chi connectivity index (χ4v) is 6.03. The lowest BCUT2D eigenvalue weighted by Gasteiger charge is -2.32. The van der Waals surface area contributed by atoms with Gasteiger partial charge in [-0.2, -0.15) is 4.31 Å². The molecular formula is C24H30N2O3S. The van der Waals surface area contributed by atoms with Crippen LogP contribution < -0.4 is 5.32 Å². The molecule has 1 amide bonds. The summed E-state index contributed by atoms with van der Waals surface area (Å²) in [6.45, 7) is 4.62. The van der Waals surface area contributed by atoms with E-state index >= 15 is 0 Å². The summed E-state index contributed by atoms with van der Waals surface area (Å²) >= 11 is 0. The molecular weight excluding hydrogens is 396 g/mol. The largest absolute Gasteiger partial charge is 0.349 e. The molecule has 0 bridgehead atoms. The van der Waals surface area contributed by atoms with E-state index in [1.165, 1.54) is 21.9 Å². The quantitative estimate of drug-likeness (QED) is 0.792. The standard InChI is InChI=1S/C24H30N2O3S/c1-17-8-12-23(13-9-17)30(28,29)26-14-4-7-22(16-26)24(27)25-18(2)20-11-10-19-5-3-6-21(19)15-20/h8-13,15,18,22H,3-7,14,16H2,1-2H3,(H,25,27)/t18-,22+/m0/s1. The van der Waals surface area contributed by atoms with Crippen LogP contribution >= 0.6 is 0 Å². The Bertz CT molecular complexity index is 1030. The summed E-state index contributed by atoms with van der Waals surface area (Å²) in [5.74, 6) is -0.386. The summed E-state index contributed by atoms with van der Waals surface area (Å²) in [5.41, 5.74) is 4.94. The zero-order valence-electron chi connectivity index (χ0n) is 17.7. The second kappa shape index (κ2) is 8.52. The Balaban J connectivity index is 1.42. The van der Waals surface area contributed by atoms with Crippen molar-refractivity contribution in [1.82, 2.24) is 9.62 Å². The normalized spacial score (nSPS) is 20.5. The molecule has 6 heteroatoms. The Morgan fingerprint density at radius 2 is 1.80 bits per heavy atom. The lowest BCUT2D eigenvalue weighted by atomic mass is 9.97. The third-order valence-electron chi connectivity index (χ3n) is 6.39. The van der Waals surface area contributed by atoms with Crippen molar-refractivity contribution in [3.8, 4) is 0 Å². The molecule has 0 unspecified atom stereocenters. The van der Waals surface area contributed by atoms with Crippen LogP contribution in [0.3, 0.4) is 0 Å². The molecule has 1 saturated heterocycles. The van der Waals surface area contributed by atoms with Crippen LogP contribution in [0.1, 0.15) is 54.5 Å². The Kier molecular flexibility index (Phi) is 5.98. The second-order valence-corrected chi connectivity index (χ2v) is 10.6. The molecule has 2 aromatic carbocycles. The van der Waals surface area contributed by atoms with Gasteiger partial charge in [-0.3, -0.25) is 4.79 Å². The van der Waals surface area contributed by atoms with E-state index in [0.717, 1.165) is 24.0 Å². The summed E-state index contributed by atoms with van der Waals surface area (Å²) in [5, 5.41) is 3.12. The summed E-state index contributed by atoms with van der Waals surface area (Å²) in [4.78, 5) is 13.2. The van der Waals surface area contributed by atoms with Crippen molar-refractivity contribution >= 4 is 15.9 Å². The number of piperidine rings is 1. The van der Waals surface area contributed by atoms with E-state index in [1.54, 1.807) is 24.3 Å². The van der Waals surface area contributed by atoms with Crippen molar-refractivity contribution in [3.05, 3.63) is 64.7 Å². The van der Waals surface area contributed by atoms with Gasteiger partial charge in [-0.15, -0.1) is 0 Å². The van der Waals surface area contributed by atoms with E-state index in [1.807, 2.05) is 13.8 Å². The van der Waals surface area contributed by atoms with Gasteiger partial charge in [0.2, 0.25) is 15.9 Å². The third-order valence-corrected chi connectivity index (χ3v) is 8.27. The SMILES string of the molecule is Cc1ccc(S(=O)(=O)N2CCC[C@@H](C(=O)N[C@@H](C)c3ccc4c(c3)CCC4)C2)cc1. The Hall–Kier alpha value is -2.18. The molecule has 2 atom stereocenters. The zero-order valence-corrected chi connectivity index (χ0v) is 18.5. The molecule has 1 aliphatic carbocycles. The summed E-state index contributed by atoms with van der Waals surface area (Å²) in [7, 11) is -3.58. The molecule has 0 radical (unpaired) electrons. The number of aryl methyl sites for hydroxylation is 3. The average Bonchev–Trinajstić information content (AvgIpc) is 3.22. The highest BCUT2D eigenvalue weighted by Crippen LogP contribution is 2.27. The van der Waals surface area contributed by atoms with E-state index in [2.05, 4.69) is 23.5 Å². The molecule has 30 heavy (non-hydrogen) atoms. The molecule has 2 aromatic rings. The van der Waals surface area contributed by atoms with Gasteiger partial charge >= 0.3 is 0 Å². The lowest BCUT2D eigenvalue weighted by molar-refractivity contribution is -0.126. The number of hydrogen-bond donors (Lipinski definition) is 1. The minimum atomic E-state index is -3.58. The Morgan fingerprint density at radius 1 is 1.07 bits per heavy atom. The maximum atomic E-state index is 13.0. The van der Waals surface area contributed by atoms with Crippen molar-refractivity contribution in [2.45, 2.75) is 56.9 Å². The number of sulfonamides is 1. The highest BCUT2D eigenvalue weighted by molar-refractivity contribution is 7.89. The monoisotopic (exact) mass is 426 g/mol. The Labute approximate surface area is 179 Å². The lowest BCUT2D eigenvalue weighted by Crippen LogP contribution is -2.45. The zero-order chi connectivity index (χ0) is 21.3. The first kappa shape index (κ1) is 21.1. The van der Waals surface area contributed by atoms with Crippen LogP contribution in [-0.4, -0.2) is 31.7 Å². The van der Waals surface area contributed by atoms with Crippen LogP contribution in [0, 0.1) is 12.8 Å². The van der Waals surface area contributed by atoms with Crippen molar-refractivity contribution < 1.29 is 13.2 Å². The van der Waals surface area contributed by atoms with Crippen LogP contribution in [0.15, 0.2) is 47.4 Å². The molecule has 0 aromatic heterocycles. The molecule has 1 aliphatic heterocycles. The first-order valence-electron chi connectivity index (χ1n) is 10.8. The summed E-state index contributed by atoms with van der Waals surface area (Å²) in [6, 6.07) is 13.3. The highest BCUT2D eigenvalue weighted by Gasteiger charge is 2.33. The van der Waals surface area contributed by atoms with Gasteiger partial charge in [0.15, 0.2) is 0 Å². The molecule has 1 N–H and O–H groups in total. The van der Waals surface area contributed by atoms with Crippen LogP contribution in [0.2, 0.25) is 0 Å². The van der Waals surface area contributed by atoms with Crippen LogP contribution in [-0.2, 0) is 27.7 Å². The molecule has 4 rings (SSSR count). The number of nitrogens with one attached hydrogen (secondary N) is 1. The number of hydrogen-bond acceptors (Lipinski definition) is 3. The van der Waals surface area contributed by atoms with E-state index < -0.39 is 10.0 Å². The van der Waals surface area contributed by atoms with Gasteiger partial charge in [-0.1, -0.05) is 35.9 Å². The number of carbonyl (C=O) groups is 1. The van der Waals surface area contributed by atoms with Crippen molar-refractivity contribution in [2.24, 2.45) is 5.92 Å². The van der Waals surface area contributed by atoms with Gasteiger partial charge in [0.05, 0.1) is 16.9 Å². The smallest absolute Gasteiger partial charge is 0.243 e. The number of amides is 1. The van der Waals surface area contributed by atoms with Gasteiger partial charge < -0.3 is 5.32 Å². The first-order chi connectivity index (χ1) is 14.3. The minimum absolute atomic E-state index is 0.0631. The molecule has 0 saturated carbocycles. The molecule has 0 spiro atoms. The van der Waals surface area contributed by atoms with Crippen LogP contribution in [0.25, 0.3) is 0 Å². The predicted molar refractivity (Wildman–Crippen MR) is 118 cm³/mol. The van der Waals surface area contributed by atoms with Crippen LogP contribution in [0.5, 0.6) is 0 Å². The molecule has 5 nitrogen and oxygen atoms in total. The second-order valence-electron chi connectivity index (χ2n) is 8.63. The first-order valence-corrected chi connectivity index (χ1v) is 12.3. The topological polar surface area (TPSA) is 66.5 Å². The van der Waals surface area contributed by atoms with Gasteiger partial charge in [-0.25, -0.2) is 8.42 Å². The van der Waals surface area contributed by atoms with E-state index in [9.17, 15) is 13.2 Å². The van der Waals surface area contributed by atoms with Gasteiger partial charge in [-0.05, 0) is 74.8 Å². The number of fused-ring (bicyclic) bond motifs is 1. The van der Waals surface area contributed by atoms with Crippen molar-refractivity contribution in [2.75, 3.05) is 13.1 Å². The minimum Gasteiger partial charge on any atom is -0.349 e. The molecule has 1 heterocycles. The summed E-state index contributed by atoms with van der Waals surface area (Å²) in [6.07, 6.45) is 4.86. The molecule has 1 fully saturated rings. The maximum absolute atomic E-state index is 13.0. The molecule has 2 aliphatic rings. The summed E-state index contributed by atoms with van der Waals surface area (Å²) < 4.78 is 27.5. The van der Waals surface area contributed by atoms with E-state index in [0.29, 0.717) is 24.3 Å². The number of nitrogens with zero attached hydrogens (tertiary/aromatic N) is 1. The van der Waals surface area contributed by atoms with E-state index in [4.69, 9.17) is 0 Å². The maximum Gasteiger partial charge on any atom is 0.243 e. The van der Waals surface area contributed by atoms with Crippen molar-refractivity contribution in [3.63, 3.8) is 0 Å². The molecule has 160 valence electrons. The number of rotatable bonds is 5. The average molecular weight is 427 g/mol. The van der Waals surface area contributed by atoms with Gasteiger partial charge in [0.1, 0.15) is 0 Å². The Morgan fingerprint density at radius 3 is 2.57 bits per heavy atom. The highest BCUT2D eigenvalue weighted by atomic mass is 32.2. The fourth-order valence-electron chi connectivity index (χ4n) is 4.51. The van der Waals surface area contributed by atoms with Gasteiger partial charge in [0.25, 0.3) is 0 Å². The van der Waals surface area contributed by atoms with Crippen molar-refractivity contribution in [1.29, 1.82) is 0 Å². The number of benzene rings is 2. The fraction of sp³-hybridized carbons (Fsp3) is 0.458.